The summed E-state index contributed by atoms with van der Waals surface area (Å²) < 4.78 is 46.6. The SMILES string of the molecule is Cc1cc2c(cc1C1CCN(S(=O)(=O)c3cnn4c3OCCC4)CC1)OCCO2. The second-order valence-corrected chi connectivity index (χ2v) is 9.68. The molecule has 29 heavy (non-hydrogen) atoms. The summed E-state index contributed by atoms with van der Waals surface area (Å²) in [7, 11) is -3.61. The largest absolute Gasteiger partial charge is 0.486 e. The van der Waals surface area contributed by atoms with Gasteiger partial charge in [0, 0.05) is 26.1 Å². The zero-order chi connectivity index (χ0) is 20.0. The molecular formula is C20H25N3O5S. The molecule has 0 radical (unpaired) electrons. The standard InChI is InChI=1S/C20H25N3O5S/c1-14-11-17-18(27-10-9-26-17)12-16(14)15-3-6-22(7-4-15)29(24,25)19-13-21-23-5-2-8-28-20(19)23/h11-13,15H,2-10H2,1H3. The maximum absolute atomic E-state index is 13.2. The lowest BCUT2D eigenvalue weighted by atomic mass is 9.87. The van der Waals surface area contributed by atoms with Crippen molar-refractivity contribution in [2.45, 2.75) is 43.5 Å². The molecule has 3 aliphatic rings. The highest BCUT2D eigenvalue weighted by molar-refractivity contribution is 7.89. The van der Waals surface area contributed by atoms with Crippen LogP contribution in [0.1, 0.15) is 36.3 Å². The Morgan fingerprint density at radius 2 is 1.72 bits per heavy atom. The van der Waals surface area contributed by atoms with E-state index >= 15 is 0 Å². The molecule has 1 fully saturated rings. The number of fused-ring (bicyclic) bond motifs is 2. The lowest BCUT2D eigenvalue weighted by Gasteiger charge is -2.32. The summed E-state index contributed by atoms with van der Waals surface area (Å²) in [6.07, 6.45) is 3.80. The molecule has 0 bridgehead atoms. The van der Waals surface area contributed by atoms with E-state index in [1.165, 1.54) is 11.8 Å². The molecule has 8 nitrogen and oxygen atoms in total. The third kappa shape index (κ3) is 3.26. The number of nitrogens with zero attached hydrogens (tertiary/aromatic N) is 3. The quantitative estimate of drug-likeness (QED) is 0.759. The third-order valence-electron chi connectivity index (χ3n) is 5.96. The van der Waals surface area contributed by atoms with E-state index in [0.717, 1.165) is 36.3 Å². The lowest BCUT2D eigenvalue weighted by Crippen LogP contribution is -2.38. The average molecular weight is 420 g/mol. The second kappa shape index (κ2) is 7.21. The van der Waals surface area contributed by atoms with Crippen molar-refractivity contribution in [2.24, 2.45) is 0 Å². The van der Waals surface area contributed by atoms with Crippen LogP contribution in [0.15, 0.2) is 23.2 Å². The molecule has 0 spiro atoms. The summed E-state index contributed by atoms with van der Waals surface area (Å²) in [5.41, 5.74) is 2.38. The predicted octanol–water partition coefficient (Wildman–Crippen LogP) is 2.31. The molecule has 156 valence electrons. The van der Waals surface area contributed by atoms with Crippen LogP contribution in [0.2, 0.25) is 0 Å². The van der Waals surface area contributed by atoms with Gasteiger partial charge in [-0.25, -0.2) is 13.1 Å². The van der Waals surface area contributed by atoms with Crippen molar-refractivity contribution in [1.29, 1.82) is 0 Å². The molecule has 0 saturated carbocycles. The first-order valence-corrected chi connectivity index (χ1v) is 11.6. The zero-order valence-electron chi connectivity index (χ0n) is 16.5. The topological polar surface area (TPSA) is 82.9 Å². The minimum Gasteiger partial charge on any atom is -0.486 e. The van der Waals surface area contributed by atoms with Gasteiger partial charge in [-0.1, -0.05) is 0 Å². The molecule has 0 aliphatic carbocycles. The van der Waals surface area contributed by atoms with Crippen LogP contribution in [0.3, 0.4) is 0 Å². The Hall–Kier alpha value is -2.26. The Kier molecular flexibility index (Phi) is 4.66. The Bertz CT molecular complexity index is 1020. The number of ether oxygens (including phenoxy) is 3. The van der Waals surface area contributed by atoms with Gasteiger partial charge in [0.25, 0.3) is 0 Å². The van der Waals surface area contributed by atoms with Crippen LogP contribution in [0.25, 0.3) is 0 Å². The summed E-state index contributed by atoms with van der Waals surface area (Å²) in [5.74, 6) is 2.26. The monoisotopic (exact) mass is 419 g/mol. The highest BCUT2D eigenvalue weighted by Crippen LogP contribution is 2.40. The normalized spacial score (nSPS) is 20.2. The van der Waals surface area contributed by atoms with Gasteiger partial charge < -0.3 is 14.2 Å². The van der Waals surface area contributed by atoms with E-state index in [2.05, 4.69) is 18.1 Å². The first-order valence-electron chi connectivity index (χ1n) is 10.1. The smallest absolute Gasteiger partial charge is 0.250 e. The number of hydrogen-bond acceptors (Lipinski definition) is 6. The molecule has 1 saturated heterocycles. The van der Waals surface area contributed by atoms with E-state index in [1.807, 2.05) is 6.07 Å². The van der Waals surface area contributed by atoms with Crippen molar-refractivity contribution in [3.63, 3.8) is 0 Å². The van der Waals surface area contributed by atoms with Gasteiger partial charge in [-0.15, -0.1) is 0 Å². The molecule has 4 heterocycles. The van der Waals surface area contributed by atoms with Crippen LogP contribution >= 0.6 is 0 Å². The first-order chi connectivity index (χ1) is 14.0. The molecule has 3 aliphatic heterocycles. The first kappa shape index (κ1) is 18.7. The van der Waals surface area contributed by atoms with Gasteiger partial charge in [-0.3, -0.25) is 0 Å². The number of rotatable bonds is 3. The van der Waals surface area contributed by atoms with Crippen LogP contribution < -0.4 is 14.2 Å². The van der Waals surface area contributed by atoms with E-state index in [4.69, 9.17) is 14.2 Å². The Morgan fingerprint density at radius 3 is 2.48 bits per heavy atom. The van der Waals surface area contributed by atoms with Crippen LogP contribution in [-0.4, -0.2) is 55.4 Å². The van der Waals surface area contributed by atoms with Crippen molar-refractivity contribution in [1.82, 2.24) is 14.1 Å². The summed E-state index contributed by atoms with van der Waals surface area (Å²) in [6.45, 7) is 5.38. The van der Waals surface area contributed by atoms with Gasteiger partial charge in [0.2, 0.25) is 15.9 Å². The minimum absolute atomic E-state index is 0.186. The highest BCUT2D eigenvalue weighted by atomic mass is 32.2. The van der Waals surface area contributed by atoms with E-state index in [9.17, 15) is 8.42 Å². The van der Waals surface area contributed by atoms with Crippen molar-refractivity contribution in [3.8, 4) is 17.4 Å². The molecule has 0 atom stereocenters. The summed E-state index contributed by atoms with van der Waals surface area (Å²) in [6, 6.07) is 4.10. The number of aryl methyl sites for hydroxylation is 2. The van der Waals surface area contributed by atoms with Crippen LogP contribution in [0, 0.1) is 6.92 Å². The van der Waals surface area contributed by atoms with E-state index < -0.39 is 10.0 Å². The molecule has 2 aromatic rings. The van der Waals surface area contributed by atoms with E-state index in [1.54, 1.807) is 8.99 Å². The van der Waals surface area contributed by atoms with Crippen LogP contribution in [0.4, 0.5) is 0 Å². The predicted molar refractivity (Wildman–Crippen MR) is 105 cm³/mol. The van der Waals surface area contributed by atoms with E-state index in [0.29, 0.717) is 51.3 Å². The highest BCUT2D eigenvalue weighted by Gasteiger charge is 2.35. The molecule has 9 heteroatoms. The molecule has 1 aromatic heterocycles. The van der Waals surface area contributed by atoms with Gasteiger partial charge >= 0.3 is 0 Å². The third-order valence-corrected chi connectivity index (χ3v) is 7.84. The van der Waals surface area contributed by atoms with E-state index in [-0.39, 0.29) is 4.90 Å². The fourth-order valence-corrected chi connectivity index (χ4v) is 5.95. The van der Waals surface area contributed by atoms with Gasteiger partial charge in [0.1, 0.15) is 13.2 Å². The van der Waals surface area contributed by atoms with Crippen molar-refractivity contribution < 1.29 is 22.6 Å². The Balaban J connectivity index is 1.34. The number of piperidine rings is 1. The van der Waals surface area contributed by atoms with Crippen molar-refractivity contribution in [2.75, 3.05) is 32.9 Å². The van der Waals surface area contributed by atoms with Gasteiger partial charge in [0.15, 0.2) is 16.4 Å². The van der Waals surface area contributed by atoms with Crippen molar-refractivity contribution >= 4 is 10.0 Å². The Labute approximate surface area is 170 Å². The number of hydrogen-bond donors (Lipinski definition) is 0. The average Bonchev–Trinajstić information content (AvgIpc) is 3.18. The molecule has 0 amide bonds. The van der Waals surface area contributed by atoms with Gasteiger partial charge in [-0.05, 0) is 48.9 Å². The molecule has 5 rings (SSSR count). The maximum Gasteiger partial charge on any atom is 0.250 e. The summed E-state index contributed by atoms with van der Waals surface area (Å²) in [5, 5.41) is 4.19. The van der Waals surface area contributed by atoms with Crippen molar-refractivity contribution in [3.05, 3.63) is 29.5 Å². The number of benzene rings is 1. The second-order valence-electron chi connectivity index (χ2n) is 7.77. The number of sulfonamides is 1. The molecule has 1 aromatic carbocycles. The maximum atomic E-state index is 13.2. The zero-order valence-corrected chi connectivity index (χ0v) is 17.3. The van der Waals surface area contributed by atoms with Crippen LogP contribution in [-0.2, 0) is 16.6 Å². The molecular weight excluding hydrogens is 394 g/mol. The molecule has 0 N–H and O–H groups in total. The number of aromatic nitrogens is 2. The van der Waals surface area contributed by atoms with Gasteiger partial charge in [0.05, 0.1) is 12.8 Å². The molecule has 0 unspecified atom stereocenters. The minimum atomic E-state index is -3.61. The van der Waals surface area contributed by atoms with Gasteiger partial charge in [-0.2, -0.15) is 9.40 Å². The lowest BCUT2D eigenvalue weighted by molar-refractivity contribution is 0.171. The summed E-state index contributed by atoms with van der Waals surface area (Å²) >= 11 is 0. The van der Waals surface area contributed by atoms with Crippen LogP contribution in [0.5, 0.6) is 17.4 Å². The fourth-order valence-electron chi connectivity index (χ4n) is 4.41. The Morgan fingerprint density at radius 1 is 1.00 bits per heavy atom. The fraction of sp³-hybridized carbons (Fsp3) is 0.550. The summed E-state index contributed by atoms with van der Waals surface area (Å²) in [4.78, 5) is 0.186.